The van der Waals surface area contributed by atoms with Crippen molar-refractivity contribution in [3.63, 3.8) is 0 Å². The first-order chi connectivity index (χ1) is 11.3. The van der Waals surface area contributed by atoms with Crippen LogP contribution in [-0.4, -0.2) is 34.6 Å². The molecule has 2 aromatic rings. The van der Waals surface area contributed by atoms with Gasteiger partial charge >= 0.3 is 0 Å². The lowest BCUT2D eigenvalue weighted by Gasteiger charge is -2.35. The van der Waals surface area contributed by atoms with E-state index in [1.165, 1.54) is 43.5 Å². The van der Waals surface area contributed by atoms with Gasteiger partial charge in [0.1, 0.15) is 0 Å². The van der Waals surface area contributed by atoms with Gasteiger partial charge in [0.05, 0.1) is 7.11 Å². The van der Waals surface area contributed by atoms with E-state index in [1.54, 1.807) is 7.11 Å². The Hall–Kier alpha value is -1.94. The van der Waals surface area contributed by atoms with E-state index in [0.29, 0.717) is 11.9 Å². The third-order valence-electron chi connectivity index (χ3n) is 4.60. The highest BCUT2D eigenvalue weighted by molar-refractivity contribution is 5.17. The molecular weight excluding hydrogens is 286 g/mol. The number of aryl methyl sites for hydroxylation is 1. The lowest BCUT2D eigenvalue weighted by molar-refractivity contribution is 0.132. The summed E-state index contributed by atoms with van der Waals surface area (Å²) >= 11 is 0. The average Bonchev–Trinajstić information content (AvgIpc) is 2.62. The molecular formula is C19H25N3O. The van der Waals surface area contributed by atoms with Crippen molar-refractivity contribution in [2.45, 2.75) is 44.7 Å². The van der Waals surface area contributed by atoms with Crippen molar-refractivity contribution in [2.24, 2.45) is 0 Å². The zero-order valence-corrected chi connectivity index (χ0v) is 13.8. The summed E-state index contributed by atoms with van der Waals surface area (Å²) in [5.41, 5.74) is 2.46. The number of nitrogens with zero attached hydrogens (tertiary/aromatic N) is 3. The molecule has 0 aromatic carbocycles. The summed E-state index contributed by atoms with van der Waals surface area (Å²) in [4.78, 5) is 11.4. The topological polar surface area (TPSA) is 38.2 Å². The van der Waals surface area contributed by atoms with E-state index in [4.69, 9.17) is 4.74 Å². The predicted molar refractivity (Wildman–Crippen MR) is 91.4 cm³/mol. The van der Waals surface area contributed by atoms with Crippen molar-refractivity contribution < 1.29 is 4.74 Å². The summed E-state index contributed by atoms with van der Waals surface area (Å²) in [5, 5.41) is 0. The minimum absolute atomic E-state index is 0.646. The number of hydrogen-bond acceptors (Lipinski definition) is 4. The second kappa shape index (κ2) is 8.06. The number of rotatable bonds is 6. The van der Waals surface area contributed by atoms with Gasteiger partial charge in [0, 0.05) is 36.7 Å². The smallest absolute Gasteiger partial charge is 0.212 e. The minimum atomic E-state index is 0.646. The quantitative estimate of drug-likeness (QED) is 0.819. The third-order valence-corrected chi connectivity index (χ3v) is 4.60. The van der Waals surface area contributed by atoms with Crippen LogP contribution in [0.2, 0.25) is 0 Å². The molecule has 1 saturated heterocycles. The zero-order valence-electron chi connectivity index (χ0n) is 13.8. The van der Waals surface area contributed by atoms with Crippen LogP contribution < -0.4 is 4.74 Å². The molecule has 1 fully saturated rings. The number of hydrogen-bond donors (Lipinski definition) is 0. The van der Waals surface area contributed by atoms with Gasteiger partial charge in [-0.2, -0.15) is 0 Å². The summed E-state index contributed by atoms with van der Waals surface area (Å²) in [7, 11) is 1.65. The number of piperidine rings is 1. The normalized spacial score (nSPS) is 18.7. The zero-order chi connectivity index (χ0) is 15.9. The van der Waals surface area contributed by atoms with Gasteiger partial charge in [0.25, 0.3) is 0 Å². The van der Waals surface area contributed by atoms with Gasteiger partial charge in [-0.1, -0.05) is 18.6 Å². The fourth-order valence-electron chi connectivity index (χ4n) is 3.32. The Balaban J connectivity index is 1.59. The van der Waals surface area contributed by atoms with Crippen LogP contribution in [0.1, 0.15) is 36.9 Å². The van der Waals surface area contributed by atoms with Crippen LogP contribution in [-0.2, 0) is 13.0 Å². The summed E-state index contributed by atoms with van der Waals surface area (Å²) < 4.78 is 5.14. The lowest BCUT2D eigenvalue weighted by Crippen LogP contribution is -2.39. The molecule has 4 heteroatoms. The van der Waals surface area contributed by atoms with E-state index in [0.717, 1.165) is 13.0 Å². The third kappa shape index (κ3) is 4.52. The summed E-state index contributed by atoms with van der Waals surface area (Å²) in [6, 6.07) is 10.9. The largest absolute Gasteiger partial charge is 0.481 e. The summed E-state index contributed by atoms with van der Waals surface area (Å²) in [6.45, 7) is 2.16. The van der Waals surface area contributed by atoms with E-state index >= 15 is 0 Å². The number of pyridine rings is 2. The fourth-order valence-corrected chi connectivity index (χ4v) is 3.32. The van der Waals surface area contributed by atoms with Gasteiger partial charge < -0.3 is 4.74 Å². The number of aromatic nitrogens is 2. The van der Waals surface area contributed by atoms with Crippen LogP contribution in [0.3, 0.4) is 0 Å². The average molecular weight is 311 g/mol. The maximum absolute atomic E-state index is 5.14. The maximum Gasteiger partial charge on any atom is 0.212 e. The molecule has 122 valence electrons. The molecule has 3 heterocycles. The van der Waals surface area contributed by atoms with Crippen molar-refractivity contribution in [3.8, 4) is 5.88 Å². The molecule has 2 aromatic heterocycles. The minimum Gasteiger partial charge on any atom is -0.481 e. The summed E-state index contributed by atoms with van der Waals surface area (Å²) in [5.74, 6) is 0.680. The van der Waals surface area contributed by atoms with E-state index < -0.39 is 0 Å². The monoisotopic (exact) mass is 311 g/mol. The first kappa shape index (κ1) is 15.9. The van der Waals surface area contributed by atoms with Crippen molar-refractivity contribution in [2.75, 3.05) is 13.7 Å². The molecule has 0 unspecified atom stereocenters. The molecule has 0 N–H and O–H groups in total. The van der Waals surface area contributed by atoms with E-state index in [9.17, 15) is 0 Å². The van der Waals surface area contributed by atoms with Crippen molar-refractivity contribution in [3.05, 3.63) is 54.0 Å². The second-order valence-electron chi connectivity index (χ2n) is 6.19. The maximum atomic E-state index is 5.14. The molecule has 0 spiro atoms. The van der Waals surface area contributed by atoms with Crippen LogP contribution in [0.15, 0.2) is 42.7 Å². The SMILES string of the molecule is COc1ccc(CN2CCCC[C@H]2CCc2ccccn2)cn1. The predicted octanol–water partition coefficient (Wildman–Crippen LogP) is 3.47. The molecule has 0 aliphatic carbocycles. The van der Waals surface area contributed by atoms with Crippen molar-refractivity contribution in [1.29, 1.82) is 0 Å². The molecule has 0 bridgehead atoms. The number of ether oxygens (including phenoxy) is 1. The second-order valence-corrected chi connectivity index (χ2v) is 6.19. The molecule has 1 aliphatic rings. The van der Waals surface area contributed by atoms with Gasteiger partial charge in [-0.15, -0.1) is 0 Å². The van der Waals surface area contributed by atoms with E-state index in [2.05, 4.69) is 33.1 Å². The highest BCUT2D eigenvalue weighted by Gasteiger charge is 2.22. The van der Waals surface area contributed by atoms with E-state index in [-0.39, 0.29) is 0 Å². The van der Waals surface area contributed by atoms with Crippen LogP contribution in [0.5, 0.6) is 5.88 Å². The highest BCUT2D eigenvalue weighted by atomic mass is 16.5. The molecule has 0 saturated carbocycles. The molecule has 1 atom stereocenters. The van der Waals surface area contributed by atoms with Crippen LogP contribution in [0, 0.1) is 0 Å². The van der Waals surface area contributed by atoms with Gasteiger partial charge in [0.15, 0.2) is 0 Å². The fraction of sp³-hybridized carbons (Fsp3) is 0.474. The Morgan fingerprint density at radius 3 is 2.87 bits per heavy atom. The van der Waals surface area contributed by atoms with Gasteiger partial charge in [-0.05, 0) is 49.9 Å². The highest BCUT2D eigenvalue weighted by Crippen LogP contribution is 2.23. The molecule has 1 aliphatic heterocycles. The van der Waals surface area contributed by atoms with Gasteiger partial charge in [-0.3, -0.25) is 9.88 Å². The summed E-state index contributed by atoms with van der Waals surface area (Å²) in [6.07, 6.45) is 9.98. The Labute approximate surface area is 138 Å². The van der Waals surface area contributed by atoms with Crippen LogP contribution in [0.25, 0.3) is 0 Å². The van der Waals surface area contributed by atoms with Crippen molar-refractivity contribution in [1.82, 2.24) is 14.9 Å². The Kier molecular flexibility index (Phi) is 5.59. The molecule has 0 amide bonds. The van der Waals surface area contributed by atoms with Crippen molar-refractivity contribution >= 4 is 0 Å². The molecule has 4 nitrogen and oxygen atoms in total. The first-order valence-electron chi connectivity index (χ1n) is 8.48. The molecule has 3 rings (SSSR count). The van der Waals surface area contributed by atoms with Crippen LogP contribution >= 0.6 is 0 Å². The van der Waals surface area contributed by atoms with E-state index in [1.807, 2.05) is 24.5 Å². The Bertz CT molecular complexity index is 585. The standard InChI is InChI=1S/C19H25N3O/c1-23-19-11-8-16(14-21-19)15-22-13-5-3-7-18(22)10-9-17-6-2-4-12-20-17/h2,4,6,8,11-12,14,18H,3,5,7,9-10,13,15H2,1H3/t18-/m0/s1. The first-order valence-corrected chi connectivity index (χ1v) is 8.48. The number of likely N-dealkylation sites (tertiary alicyclic amines) is 1. The molecule has 23 heavy (non-hydrogen) atoms. The van der Waals surface area contributed by atoms with Gasteiger partial charge in [0.2, 0.25) is 5.88 Å². The lowest BCUT2D eigenvalue weighted by atomic mass is 9.96. The Morgan fingerprint density at radius 1 is 1.17 bits per heavy atom. The number of methoxy groups -OCH3 is 1. The van der Waals surface area contributed by atoms with Crippen LogP contribution in [0.4, 0.5) is 0 Å². The molecule has 0 radical (unpaired) electrons. The van der Waals surface area contributed by atoms with Gasteiger partial charge in [-0.25, -0.2) is 4.98 Å². The Morgan fingerprint density at radius 2 is 2.13 bits per heavy atom.